The van der Waals surface area contributed by atoms with E-state index in [0.717, 1.165) is 16.9 Å². The Labute approximate surface area is 169 Å². The Bertz CT molecular complexity index is 929. The second-order valence-electron chi connectivity index (χ2n) is 6.94. The molecule has 1 aromatic carbocycles. The summed E-state index contributed by atoms with van der Waals surface area (Å²) in [5, 5.41) is 3.35. The summed E-state index contributed by atoms with van der Waals surface area (Å²) in [5.41, 5.74) is 4.48. The Kier molecular flexibility index (Phi) is 6.09. The number of halogens is 3. The average Bonchev–Trinajstić information content (AvgIpc) is 3.29. The maximum Gasteiger partial charge on any atom is 0.435 e. The van der Waals surface area contributed by atoms with E-state index in [1.54, 1.807) is 30.3 Å². The number of nitrogens with two attached hydrogens (primary N) is 1. The minimum absolute atomic E-state index is 0.00273. The number of ether oxygens (including phenoxy) is 1. The molecular formula is C19H19F3N4O4. The van der Waals surface area contributed by atoms with Gasteiger partial charge in [0.25, 0.3) is 0 Å². The van der Waals surface area contributed by atoms with Crippen LogP contribution in [-0.4, -0.2) is 51.7 Å². The van der Waals surface area contributed by atoms with Crippen molar-refractivity contribution in [1.29, 1.82) is 0 Å². The third-order valence-corrected chi connectivity index (χ3v) is 4.69. The first-order chi connectivity index (χ1) is 14.1. The molecule has 0 saturated carbocycles. The number of amides is 2. The van der Waals surface area contributed by atoms with E-state index in [-0.39, 0.29) is 19.5 Å². The van der Waals surface area contributed by atoms with Crippen LogP contribution in [-0.2, 0) is 27.0 Å². The molecule has 8 nitrogen and oxygen atoms in total. The maximum atomic E-state index is 12.7. The molecule has 0 bridgehead atoms. The van der Waals surface area contributed by atoms with Crippen molar-refractivity contribution in [2.45, 2.75) is 25.2 Å². The summed E-state index contributed by atoms with van der Waals surface area (Å²) in [7, 11) is 0. The number of alkyl halides is 3. The summed E-state index contributed by atoms with van der Waals surface area (Å²) in [5.74, 6) is -2.25. The third-order valence-electron chi connectivity index (χ3n) is 4.69. The Morgan fingerprint density at radius 3 is 2.43 bits per heavy atom. The van der Waals surface area contributed by atoms with Gasteiger partial charge in [0.15, 0.2) is 5.69 Å². The van der Waals surface area contributed by atoms with Crippen molar-refractivity contribution in [3.63, 3.8) is 0 Å². The molecule has 160 valence electrons. The van der Waals surface area contributed by atoms with Crippen LogP contribution in [0.3, 0.4) is 0 Å². The first-order valence-electron chi connectivity index (χ1n) is 9.06. The first kappa shape index (κ1) is 21.3. The maximum absolute atomic E-state index is 12.7. The fraction of sp³-hybridized carbons (Fsp3) is 0.368. The fourth-order valence-electron chi connectivity index (χ4n) is 3.25. The largest absolute Gasteiger partial charge is 0.457 e. The Balaban J connectivity index is 1.67. The number of rotatable bonds is 6. The van der Waals surface area contributed by atoms with E-state index < -0.39 is 48.2 Å². The quantitative estimate of drug-likeness (QED) is 0.707. The van der Waals surface area contributed by atoms with Gasteiger partial charge in [-0.05, 0) is 18.2 Å². The van der Waals surface area contributed by atoms with Crippen molar-refractivity contribution < 1.29 is 32.3 Å². The summed E-state index contributed by atoms with van der Waals surface area (Å²) < 4.78 is 44.3. The van der Waals surface area contributed by atoms with Gasteiger partial charge in [-0.25, -0.2) is 4.79 Å². The van der Waals surface area contributed by atoms with E-state index in [2.05, 4.69) is 5.10 Å². The third kappa shape index (κ3) is 5.16. The minimum atomic E-state index is -4.61. The minimum Gasteiger partial charge on any atom is -0.457 e. The van der Waals surface area contributed by atoms with Crippen LogP contribution in [0.25, 0.3) is 0 Å². The lowest BCUT2D eigenvalue weighted by molar-refractivity contribution is -0.142. The zero-order chi connectivity index (χ0) is 21.9. The molecule has 2 atom stereocenters. The van der Waals surface area contributed by atoms with E-state index in [9.17, 15) is 27.6 Å². The van der Waals surface area contributed by atoms with Gasteiger partial charge in [0.1, 0.15) is 12.6 Å². The summed E-state index contributed by atoms with van der Waals surface area (Å²) in [6, 6.07) is 8.99. The predicted molar refractivity (Wildman–Crippen MR) is 96.8 cm³/mol. The van der Waals surface area contributed by atoms with Crippen LogP contribution >= 0.6 is 0 Å². The molecule has 2 heterocycles. The number of carbonyl (C=O) groups excluding carboxylic acids is 3. The second kappa shape index (κ2) is 8.56. The monoisotopic (exact) mass is 424 g/mol. The zero-order valence-electron chi connectivity index (χ0n) is 15.7. The number of hydrogen-bond donors (Lipinski definition) is 1. The number of esters is 1. The lowest BCUT2D eigenvalue weighted by Gasteiger charge is -2.17. The van der Waals surface area contributed by atoms with Crippen molar-refractivity contribution in [2.75, 3.05) is 13.1 Å². The van der Waals surface area contributed by atoms with Crippen LogP contribution in [0.1, 0.15) is 22.5 Å². The van der Waals surface area contributed by atoms with Crippen molar-refractivity contribution in [2.24, 2.45) is 11.7 Å². The van der Waals surface area contributed by atoms with E-state index in [1.165, 1.54) is 4.90 Å². The van der Waals surface area contributed by atoms with Crippen LogP contribution in [0.2, 0.25) is 0 Å². The van der Waals surface area contributed by atoms with Gasteiger partial charge < -0.3 is 15.4 Å². The molecule has 2 N–H and O–H groups in total. The molecule has 2 aromatic rings. The van der Waals surface area contributed by atoms with Crippen LogP contribution in [0.4, 0.5) is 13.2 Å². The van der Waals surface area contributed by atoms with E-state index >= 15 is 0 Å². The van der Waals surface area contributed by atoms with Crippen LogP contribution < -0.4 is 5.73 Å². The lowest BCUT2D eigenvalue weighted by atomic mass is 10.0. The predicted octanol–water partition coefficient (Wildman–Crippen LogP) is 1.46. The SMILES string of the molecule is NC(=O)C[C@H]1CN(C(=O)Cn2ccc(C(F)(F)F)n2)C[C@H]1OC(=O)c1ccccc1. The summed E-state index contributed by atoms with van der Waals surface area (Å²) in [4.78, 5) is 37.6. The molecule has 3 rings (SSSR count). The number of nitrogens with zero attached hydrogens (tertiary/aromatic N) is 3. The topological polar surface area (TPSA) is 108 Å². The number of likely N-dealkylation sites (tertiary alicyclic amines) is 1. The van der Waals surface area contributed by atoms with E-state index in [1.807, 2.05) is 0 Å². The summed E-state index contributed by atoms with van der Waals surface area (Å²) >= 11 is 0. The number of primary amides is 1. The summed E-state index contributed by atoms with van der Waals surface area (Å²) in [6.07, 6.45) is -4.41. The molecule has 1 fully saturated rings. The standard InChI is InChI=1S/C19H19F3N4O4/c20-19(21,22)15-6-7-26(24-15)11-17(28)25-9-13(8-16(23)27)14(10-25)30-18(29)12-4-2-1-3-5-12/h1-7,13-14H,8-11H2,(H2,23,27)/t13-,14+/m0/s1. The first-order valence-corrected chi connectivity index (χ1v) is 9.06. The molecule has 0 aliphatic carbocycles. The van der Waals surface area contributed by atoms with Crippen molar-refractivity contribution in [3.8, 4) is 0 Å². The lowest BCUT2D eigenvalue weighted by Crippen LogP contribution is -2.33. The van der Waals surface area contributed by atoms with Gasteiger partial charge in [0, 0.05) is 25.1 Å². The van der Waals surface area contributed by atoms with Gasteiger partial charge in [-0.3, -0.25) is 14.3 Å². The van der Waals surface area contributed by atoms with Crippen molar-refractivity contribution in [1.82, 2.24) is 14.7 Å². The Morgan fingerprint density at radius 1 is 1.13 bits per heavy atom. The molecular weight excluding hydrogens is 405 g/mol. The molecule has 1 aliphatic heterocycles. The highest BCUT2D eigenvalue weighted by Gasteiger charge is 2.39. The average molecular weight is 424 g/mol. The van der Waals surface area contributed by atoms with Gasteiger partial charge >= 0.3 is 12.1 Å². The molecule has 0 spiro atoms. The molecule has 1 saturated heterocycles. The molecule has 0 radical (unpaired) electrons. The molecule has 0 unspecified atom stereocenters. The highest BCUT2D eigenvalue weighted by atomic mass is 19.4. The van der Waals surface area contributed by atoms with Gasteiger partial charge in [-0.15, -0.1) is 0 Å². The smallest absolute Gasteiger partial charge is 0.435 e. The van der Waals surface area contributed by atoms with Gasteiger partial charge in [-0.2, -0.15) is 18.3 Å². The molecule has 11 heteroatoms. The molecule has 30 heavy (non-hydrogen) atoms. The van der Waals surface area contributed by atoms with Crippen molar-refractivity contribution >= 4 is 17.8 Å². The number of hydrogen-bond acceptors (Lipinski definition) is 5. The second-order valence-corrected chi connectivity index (χ2v) is 6.94. The van der Waals surface area contributed by atoms with Gasteiger partial charge in [0.2, 0.25) is 11.8 Å². The number of benzene rings is 1. The normalized spacial score (nSPS) is 19.0. The van der Waals surface area contributed by atoms with Gasteiger partial charge in [0.05, 0.1) is 12.1 Å². The van der Waals surface area contributed by atoms with Crippen LogP contribution in [0.5, 0.6) is 0 Å². The summed E-state index contributed by atoms with van der Waals surface area (Å²) in [6.45, 7) is -0.330. The number of aromatic nitrogens is 2. The van der Waals surface area contributed by atoms with Gasteiger partial charge in [-0.1, -0.05) is 18.2 Å². The number of carbonyl (C=O) groups is 3. The zero-order valence-corrected chi connectivity index (χ0v) is 15.7. The highest BCUT2D eigenvalue weighted by molar-refractivity contribution is 5.89. The molecule has 1 aromatic heterocycles. The highest BCUT2D eigenvalue weighted by Crippen LogP contribution is 2.28. The Morgan fingerprint density at radius 2 is 1.83 bits per heavy atom. The molecule has 1 aliphatic rings. The van der Waals surface area contributed by atoms with Crippen LogP contribution in [0.15, 0.2) is 42.6 Å². The van der Waals surface area contributed by atoms with E-state index in [0.29, 0.717) is 5.56 Å². The Hall–Kier alpha value is -3.37. The van der Waals surface area contributed by atoms with E-state index in [4.69, 9.17) is 10.5 Å². The molecule has 2 amide bonds. The van der Waals surface area contributed by atoms with Crippen molar-refractivity contribution in [3.05, 3.63) is 53.9 Å². The van der Waals surface area contributed by atoms with Crippen LogP contribution in [0, 0.1) is 5.92 Å². The fourth-order valence-corrected chi connectivity index (χ4v) is 3.25.